The first-order valence-electron chi connectivity index (χ1n) is 11.8. The summed E-state index contributed by atoms with van der Waals surface area (Å²) in [6.45, 7) is 5.84. The predicted octanol–water partition coefficient (Wildman–Crippen LogP) is 6.53. The van der Waals surface area contributed by atoms with Crippen LogP contribution in [0.2, 0.25) is 5.02 Å². The molecule has 1 N–H and O–H groups in total. The molecule has 0 bridgehead atoms. The third-order valence-corrected chi connectivity index (χ3v) is 6.65. The Morgan fingerprint density at radius 2 is 1.95 bits per heavy atom. The van der Waals surface area contributed by atoms with Crippen LogP contribution in [0.15, 0.2) is 75.0 Å². The summed E-state index contributed by atoms with van der Waals surface area (Å²) in [5.74, 6) is 0.693. The van der Waals surface area contributed by atoms with Gasteiger partial charge < -0.3 is 10.1 Å². The van der Waals surface area contributed by atoms with E-state index >= 15 is 0 Å². The Morgan fingerprint density at radius 1 is 1.19 bits per heavy atom. The highest BCUT2D eigenvalue weighted by atomic mass is 79.9. The van der Waals surface area contributed by atoms with Crippen molar-refractivity contribution in [2.24, 2.45) is 5.10 Å². The number of hydrogen-bond acceptors (Lipinski definition) is 5. The molecule has 1 heterocycles. The molecule has 0 aliphatic rings. The first-order valence-corrected chi connectivity index (χ1v) is 13.0. The van der Waals surface area contributed by atoms with Crippen LogP contribution in [0.5, 0.6) is 5.75 Å². The lowest BCUT2D eigenvalue weighted by molar-refractivity contribution is -0.118. The number of benzene rings is 3. The van der Waals surface area contributed by atoms with Gasteiger partial charge in [0, 0.05) is 16.1 Å². The maximum atomic E-state index is 13.3. The summed E-state index contributed by atoms with van der Waals surface area (Å²) in [6, 6.07) is 18.0. The third kappa shape index (κ3) is 6.45. The molecule has 1 aromatic heterocycles. The average Bonchev–Trinajstić information content (AvgIpc) is 2.88. The van der Waals surface area contributed by atoms with Crippen molar-refractivity contribution in [1.82, 2.24) is 9.66 Å². The fraction of sp³-hybridized carbons (Fsp3) is 0.214. The van der Waals surface area contributed by atoms with Crippen LogP contribution in [0.4, 0.5) is 5.69 Å². The molecule has 0 unspecified atom stereocenters. The Bertz CT molecular complexity index is 1530. The monoisotopic (exact) mass is 580 g/mol. The van der Waals surface area contributed by atoms with E-state index in [1.165, 1.54) is 4.68 Å². The molecule has 0 saturated heterocycles. The maximum absolute atomic E-state index is 13.3. The van der Waals surface area contributed by atoms with Gasteiger partial charge in [0.05, 0.1) is 22.1 Å². The van der Waals surface area contributed by atoms with Gasteiger partial charge in [0.2, 0.25) is 0 Å². The average molecular weight is 582 g/mol. The van der Waals surface area contributed by atoms with Gasteiger partial charge in [0.25, 0.3) is 11.5 Å². The minimum absolute atomic E-state index is 0.0308. The van der Waals surface area contributed by atoms with Crippen LogP contribution >= 0.6 is 27.5 Å². The van der Waals surface area contributed by atoms with Crippen molar-refractivity contribution in [3.05, 3.63) is 97.5 Å². The van der Waals surface area contributed by atoms with Crippen molar-refractivity contribution >= 4 is 56.2 Å². The Labute approximate surface area is 228 Å². The topological polar surface area (TPSA) is 85.6 Å². The molecular weight excluding hydrogens is 556 g/mol. The lowest BCUT2D eigenvalue weighted by Gasteiger charge is -2.14. The summed E-state index contributed by atoms with van der Waals surface area (Å²) in [4.78, 5) is 30.2. The largest absolute Gasteiger partial charge is 0.482 e. The number of rotatable bonds is 8. The molecule has 0 saturated carbocycles. The zero-order chi connectivity index (χ0) is 26.5. The number of nitrogens with zero attached hydrogens (tertiary/aromatic N) is 3. The van der Waals surface area contributed by atoms with Crippen LogP contribution in [-0.4, -0.2) is 28.4 Å². The summed E-state index contributed by atoms with van der Waals surface area (Å²) >= 11 is 9.82. The van der Waals surface area contributed by atoms with Crippen LogP contribution < -0.4 is 15.6 Å². The van der Waals surface area contributed by atoms with E-state index in [4.69, 9.17) is 21.3 Å². The van der Waals surface area contributed by atoms with Crippen molar-refractivity contribution in [3.63, 3.8) is 0 Å². The standard InChI is InChI=1S/C28H26BrClN4O3/c1-4-18(3)27-33-24-11-8-20(29)14-22(24)28(36)34(27)31-15-19-7-12-25(23(30)13-19)37-16-26(35)32-21-9-5-17(2)6-10-21/h5-15,18H,4,16H2,1-3H3,(H,32,35)/t18-/m0/s1. The summed E-state index contributed by atoms with van der Waals surface area (Å²) < 4.78 is 7.73. The molecule has 190 valence electrons. The normalized spacial score (nSPS) is 12.1. The van der Waals surface area contributed by atoms with Gasteiger partial charge in [-0.15, -0.1) is 0 Å². The second-order valence-electron chi connectivity index (χ2n) is 8.70. The summed E-state index contributed by atoms with van der Waals surface area (Å²) in [5, 5.41) is 8.04. The number of nitrogens with one attached hydrogen (secondary N) is 1. The Hall–Kier alpha value is -3.49. The second-order valence-corrected chi connectivity index (χ2v) is 10.0. The van der Waals surface area contributed by atoms with E-state index in [2.05, 4.69) is 26.3 Å². The van der Waals surface area contributed by atoms with Gasteiger partial charge in [-0.2, -0.15) is 9.78 Å². The number of ether oxygens (including phenoxy) is 1. The Balaban J connectivity index is 1.52. The Morgan fingerprint density at radius 3 is 2.65 bits per heavy atom. The molecule has 9 heteroatoms. The van der Waals surface area contributed by atoms with E-state index in [0.717, 1.165) is 16.5 Å². The molecule has 0 fully saturated rings. The highest BCUT2D eigenvalue weighted by Crippen LogP contribution is 2.25. The van der Waals surface area contributed by atoms with Crippen LogP contribution in [0.3, 0.4) is 0 Å². The van der Waals surface area contributed by atoms with E-state index in [1.807, 2.05) is 57.2 Å². The van der Waals surface area contributed by atoms with Gasteiger partial charge in [-0.3, -0.25) is 9.59 Å². The molecular formula is C28H26BrClN4O3. The van der Waals surface area contributed by atoms with E-state index in [0.29, 0.717) is 38.8 Å². The first-order chi connectivity index (χ1) is 17.7. The van der Waals surface area contributed by atoms with Gasteiger partial charge >= 0.3 is 0 Å². The number of amides is 1. The zero-order valence-electron chi connectivity index (χ0n) is 20.7. The van der Waals surface area contributed by atoms with Crippen LogP contribution in [0, 0.1) is 6.92 Å². The smallest absolute Gasteiger partial charge is 0.282 e. The molecule has 37 heavy (non-hydrogen) atoms. The molecule has 0 radical (unpaired) electrons. The van der Waals surface area contributed by atoms with Gasteiger partial charge in [-0.05, 0) is 67.4 Å². The third-order valence-electron chi connectivity index (χ3n) is 5.86. The number of hydrogen-bond donors (Lipinski definition) is 1. The molecule has 0 aliphatic carbocycles. The number of carbonyl (C=O) groups is 1. The summed E-state index contributed by atoms with van der Waals surface area (Å²) in [6.07, 6.45) is 2.36. The minimum atomic E-state index is -0.294. The lowest BCUT2D eigenvalue weighted by Crippen LogP contribution is -2.23. The van der Waals surface area contributed by atoms with E-state index in [-0.39, 0.29) is 24.0 Å². The minimum Gasteiger partial charge on any atom is -0.482 e. The molecule has 3 aromatic carbocycles. The molecule has 1 atom stereocenters. The Kier molecular flexibility index (Phi) is 8.41. The number of halogens is 2. The molecule has 0 spiro atoms. The van der Waals surface area contributed by atoms with Gasteiger partial charge in [-0.1, -0.05) is 59.1 Å². The molecule has 4 rings (SSSR count). The van der Waals surface area contributed by atoms with Crippen LogP contribution in [0.1, 0.15) is 43.1 Å². The second kappa shape index (κ2) is 11.7. The number of anilines is 1. The van der Waals surface area contributed by atoms with Gasteiger partial charge in [0.15, 0.2) is 6.61 Å². The fourth-order valence-electron chi connectivity index (χ4n) is 3.60. The van der Waals surface area contributed by atoms with E-state index in [1.54, 1.807) is 30.5 Å². The van der Waals surface area contributed by atoms with Crippen molar-refractivity contribution in [3.8, 4) is 5.75 Å². The molecule has 4 aromatic rings. The highest BCUT2D eigenvalue weighted by molar-refractivity contribution is 9.10. The molecule has 1 amide bonds. The van der Waals surface area contributed by atoms with Crippen molar-refractivity contribution in [2.45, 2.75) is 33.1 Å². The van der Waals surface area contributed by atoms with Crippen LogP contribution in [0.25, 0.3) is 10.9 Å². The number of carbonyl (C=O) groups excluding carboxylic acids is 1. The maximum Gasteiger partial charge on any atom is 0.282 e. The predicted molar refractivity (Wildman–Crippen MR) is 152 cm³/mol. The lowest BCUT2D eigenvalue weighted by atomic mass is 10.1. The zero-order valence-corrected chi connectivity index (χ0v) is 23.0. The highest BCUT2D eigenvalue weighted by Gasteiger charge is 2.16. The van der Waals surface area contributed by atoms with Crippen molar-refractivity contribution in [2.75, 3.05) is 11.9 Å². The number of aromatic nitrogens is 2. The van der Waals surface area contributed by atoms with Crippen molar-refractivity contribution < 1.29 is 9.53 Å². The quantitative estimate of drug-likeness (QED) is 0.240. The van der Waals surface area contributed by atoms with E-state index in [9.17, 15) is 9.59 Å². The van der Waals surface area contributed by atoms with E-state index < -0.39 is 0 Å². The summed E-state index contributed by atoms with van der Waals surface area (Å²) in [7, 11) is 0. The van der Waals surface area contributed by atoms with Crippen molar-refractivity contribution in [1.29, 1.82) is 0 Å². The molecule has 7 nitrogen and oxygen atoms in total. The van der Waals surface area contributed by atoms with Gasteiger partial charge in [0.1, 0.15) is 11.6 Å². The fourth-order valence-corrected chi connectivity index (χ4v) is 4.20. The first kappa shape index (κ1) is 26.6. The number of aryl methyl sites for hydroxylation is 1. The van der Waals surface area contributed by atoms with Crippen LogP contribution in [-0.2, 0) is 4.79 Å². The molecule has 0 aliphatic heterocycles. The summed E-state index contributed by atoms with van der Waals surface area (Å²) in [5.41, 5.74) is 2.85. The number of fused-ring (bicyclic) bond motifs is 1. The van der Waals surface area contributed by atoms with Gasteiger partial charge in [-0.25, -0.2) is 4.98 Å². The SMILES string of the molecule is CC[C@H](C)c1nc2ccc(Br)cc2c(=O)n1N=Cc1ccc(OCC(=O)Nc2ccc(C)cc2)c(Cl)c1.